The number of aromatic nitrogens is 1. The van der Waals surface area contributed by atoms with Crippen molar-refractivity contribution in [2.75, 3.05) is 19.1 Å². The van der Waals surface area contributed by atoms with Gasteiger partial charge in [0.25, 0.3) is 5.91 Å². The lowest BCUT2D eigenvalue weighted by atomic mass is 10.1. The van der Waals surface area contributed by atoms with Crippen LogP contribution >= 0.6 is 0 Å². The minimum atomic E-state index is -0.549. The van der Waals surface area contributed by atoms with Crippen LogP contribution in [-0.4, -0.2) is 31.0 Å². The molecular formula is C15H14N2O4. The van der Waals surface area contributed by atoms with E-state index in [0.29, 0.717) is 5.69 Å². The number of nitrogens with zero attached hydrogens (tertiary/aromatic N) is 1. The Hall–Kier alpha value is -2.89. The van der Waals surface area contributed by atoms with E-state index in [0.717, 1.165) is 0 Å². The molecule has 0 bridgehead atoms. The van der Waals surface area contributed by atoms with Crippen LogP contribution in [0.2, 0.25) is 0 Å². The largest absolute Gasteiger partial charge is 0.465 e. The molecule has 6 heteroatoms. The predicted octanol–water partition coefficient (Wildman–Crippen LogP) is 1.44. The van der Waals surface area contributed by atoms with Gasteiger partial charge in [-0.25, -0.2) is 4.79 Å². The van der Waals surface area contributed by atoms with Crippen molar-refractivity contribution in [1.29, 1.82) is 0 Å². The third kappa shape index (κ3) is 2.84. The lowest BCUT2D eigenvalue weighted by molar-refractivity contribution is 0.0601. The average Bonchev–Trinajstić information content (AvgIpc) is 2.53. The number of H-pyrrole nitrogens is 1. The van der Waals surface area contributed by atoms with Crippen molar-refractivity contribution < 1.29 is 14.3 Å². The lowest BCUT2D eigenvalue weighted by Gasteiger charge is -2.19. The number of hydrogen-bond acceptors (Lipinski definition) is 4. The molecule has 0 aliphatic rings. The third-order valence-corrected chi connectivity index (χ3v) is 3.03. The summed E-state index contributed by atoms with van der Waals surface area (Å²) < 4.78 is 4.69. The van der Waals surface area contributed by atoms with Gasteiger partial charge in [0.1, 0.15) is 5.56 Å². The Bertz CT molecular complexity index is 736. The highest BCUT2D eigenvalue weighted by atomic mass is 16.5. The summed E-state index contributed by atoms with van der Waals surface area (Å²) in [5.74, 6) is -1.06. The number of benzene rings is 1. The lowest BCUT2D eigenvalue weighted by Crippen LogP contribution is -2.31. The molecule has 0 spiro atoms. The molecule has 6 nitrogen and oxygen atoms in total. The number of pyridine rings is 1. The molecule has 0 saturated heterocycles. The molecule has 108 valence electrons. The zero-order valence-electron chi connectivity index (χ0n) is 11.6. The van der Waals surface area contributed by atoms with Crippen molar-refractivity contribution in [3.63, 3.8) is 0 Å². The van der Waals surface area contributed by atoms with Crippen LogP contribution in [0.1, 0.15) is 20.7 Å². The van der Waals surface area contributed by atoms with Gasteiger partial charge in [-0.2, -0.15) is 0 Å². The summed E-state index contributed by atoms with van der Waals surface area (Å²) in [6.45, 7) is 0. The normalized spacial score (nSPS) is 10.0. The van der Waals surface area contributed by atoms with Crippen molar-refractivity contribution >= 4 is 17.6 Å². The van der Waals surface area contributed by atoms with Gasteiger partial charge in [0.2, 0.25) is 0 Å². The number of anilines is 1. The number of nitrogens with one attached hydrogen (secondary N) is 1. The summed E-state index contributed by atoms with van der Waals surface area (Å²) >= 11 is 0. The van der Waals surface area contributed by atoms with Gasteiger partial charge >= 0.3 is 5.97 Å². The number of rotatable bonds is 3. The summed E-state index contributed by atoms with van der Waals surface area (Å²) in [6.07, 6.45) is 2.78. The number of para-hydroxylation sites is 1. The van der Waals surface area contributed by atoms with E-state index in [1.165, 1.54) is 37.5 Å². The van der Waals surface area contributed by atoms with Crippen molar-refractivity contribution in [2.24, 2.45) is 0 Å². The quantitative estimate of drug-likeness (QED) is 0.866. The van der Waals surface area contributed by atoms with Crippen LogP contribution in [0.3, 0.4) is 0 Å². The van der Waals surface area contributed by atoms with E-state index in [1.54, 1.807) is 24.3 Å². The Labute approximate surface area is 121 Å². The molecule has 0 atom stereocenters. The smallest absolute Gasteiger partial charge is 0.339 e. The van der Waals surface area contributed by atoms with Crippen LogP contribution in [0.25, 0.3) is 0 Å². The minimum absolute atomic E-state index is 0.000307. The number of amides is 1. The van der Waals surface area contributed by atoms with Crippen molar-refractivity contribution in [3.8, 4) is 0 Å². The van der Waals surface area contributed by atoms with E-state index in [9.17, 15) is 14.4 Å². The number of hydrogen-bond donors (Lipinski definition) is 1. The summed E-state index contributed by atoms with van der Waals surface area (Å²) in [6, 6.07) is 7.80. The predicted molar refractivity (Wildman–Crippen MR) is 77.6 cm³/mol. The zero-order valence-corrected chi connectivity index (χ0v) is 11.6. The molecule has 0 fully saturated rings. The van der Waals surface area contributed by atoms with E-state index in [4.69, 9.17) is 4.74 Å². The Morgan fingerprint density at radius 2 is 1.86 bits per heavy atom. The van der Waals surface area contributed by atoms with E-state index in [-0.39, 0.29) is 16.6 Å². The molecule has 2 aromatic rings. The van der Waals surface area contributed by atoms with Crippen LogP contribution < -0.4 is 10.3 Å². The number of ether oxygens (including phenoxy) is 1. The molecule has 21 heavy (non-hydrogen) atoms. The van der Waals surface area contributed by atoms with Crippen LogP contribution in [0, 0.1) is 0 Å². The maximum atomic E-state index is 12.4. The molecule has 0 radical (unpaired) electrons. The van der Waals surface area contributed by atoms with Gasteiger partial charge in [0.15, 0.2) is 5.43 Å². The van der Waals surface area contributed by atoms with E-state index < -0.39 is 11.9 Å². The molecule has 0 saturated carbocycles. The second-order valence-electron chi connectivity index (χ2n) is 4.30. The van der Waals surface area contributed by atoms with Crippen LogP contribution in [0.4, 0.5) is 5.69 Å². The van der Waals surface area contributed by atoms with E-state index in [2.05, 4.69) is 4.98 Å². The summed E-state index contributed by atoms with van der Waals surface area (Å²) in [5.41, 5.74) is 0.238. The van der Waals surface area contributed by atoms with Crippen molar-refractivity contribution in [3.05, 3.63) is 64.1 Å². The molecule has 2 rings (SSSR count). The maximum absolute atomic E-state index is 12.4. The molecule has 0 aliphatic carbocycles. The fraction of sp³-hybridized carbons (Fsp3) is 0.133. The molecule has 1 aromatic carbocycles. The van der Waals surface area contributed by atoms with Crippen LogP contribution in [-0.2, 0) is 4.74 Å². The maximum Gasteiger partial charge on any atom is 0.339 e. The van der Waals surface area contributed by atoms with Crippen LogP contribution in [0.5, 0.6) is 0 Å². The Kier molecular flexibility index (Phi) is 4.18. The molecule has 1 N–H and O–H groups in total. The highest BCUT2D eigenvalue weighted by Gasteiger charge is 2.21. The number of carbonyl (C=O) groups is 2. The van der Waals surface area contributed by atoms with Crippen LogP contribution in [0.15, 0.2) is 47.5 Å². The Morgan fingerprint density at radius 1 is 1.14 bits per heavy atom. The third-order valence-electron chi connectivity index (χ3n) is 3.03. The molecule has 0 aliphatic heterocycles. The minimum Gasteiger partial charge on any atom is -0.465 e. The Morgan fingerprint density at radius 3 is 2.52 bits per heavy atom. The second kappa shape index (κ2) is 6.04. The monoisotopic (exact) mass is 286 g/mol. The van der Waals surface area contributed by atoms with Gasteiger partial charge in [-0.05, 0) is 12.1 Å². The first-order valence-corrected chi connectivity index (χ1v) is 6.18. The highest BCUT2D eigenvalue weighted by Crippen LogP contribution is 2.21. The zero-order chi connectivity index (χ0) is 15.4. The summed E-state index contributed by atoms with van der Waals surface area (Å²) in [5, 5.41) is 0. The molecule has 1 heterocycles. The number of aromatic amines is 1. The average molecular weight is 286 g/mol. The SMILES string of the molecule is COC(=O)c1ccccc1N(C)C(=O)c1c[nH]ccc1=O. The van der Waals surface area contributed by atoms with Gasteiger partial charge in [-0.1, -0.05) is 12.1 Å². The number of esters is 1. The van der Waals surface area contributed by atoms with E-state index >= 15 is 0 Å². The topological polar surface area (TPSA) is 79.5 Å². The fourth-order valence-electron chi connectivity index (χ4n) is 1.92. The van der Waals surface area contributed by atoms with Gasteiger partial charge < -0.3 is 14.6 Å². The molecule has 1 aromatic heterocycles. The van der Waals surface area contributed by atoms with Crippen molar-refractivity contribution in [1.82, 2.24) is 4.98 Å². The number of methoxy groups -OCH3 is 1. The first-order chi connectivity index (χ1) is 10.1. The van der Waals surface area contributed by atoms with Gasteiger partial charge in [0, 0.05) is 25.5 Å². The van der Waals surface area contributed by atoms with Crippen molar-refractivity contribution in [2.45, 2.75) is 0 Å². The van der Waals surface area contributed by atoms with Gasteiger partial charge in [-0.15, -0.1) is 0 Å². The highest BCUT2D eigenvalue weighted by molar-refractivity contribution is 6.09. The van der Waals surface area contributed by atoms with Gasteiger partial charge in [-0.3, -0.25) is 9.59 Å². The fourth-order valence-corrected chi connectivity index (χ4v) is 1.92. The molecular weight excluding hydrogens is 272 g/mol. The molecule has 0 unspecified atom stereocenters. The number of carbonyl (C=O) groups excluding carboxylic acids is 2. The second-order valence-corrected chi connectivity index (χ2v) is 4.30. The van der Waals surface area contributed by atoms with E-state index in [1.807, 2.05) is 0 Å². The summed E-state index contributed by atoms with van der Waals surface area (Å²) in [7, 11) is 2.76. The standard InChI is InChI=1S/C15H14N2O4/c1-17(14(19)11-9-16-8-7-13(11)18)12-6-4-3-5-10(12)15(20)21-2/h3-9H,1-2H3,(H,16,18). The first kappa shape index (κ1) is 14.5. The first-order valence-electron chi connectivity index (χ1n) is 6.18. The summed E-state index contributed by atoms with van der Waals surface area (Å²) in [4.78, 5) is 39.8. The van der Waals surface area contributed by atoms with Gasteiger partial charge in [0.05, 0.1) is 18.4 Å². The Balaban J connectivity index is 2.44. The molecule has 1 amide bonds.